The lowest BCUT2D eigenvalue weighted by Crippen LogP contribution is -2.27. The van der Waals surface area contributed by atoms with Crippen LogP contribution in [0.1, 0.15) is 239 Å². The SMILES string of the molecule is CCCCC/C=C\C/C=C\CCCCCCCCCCCCCCCC(=O)OCC(O)COP(=O)(O)OCCNC(=O)CCCCCCCCC/C=C\C/C=C\CCCCCC. The van der Waals surface area contributed by atoms with Crippen LogP contribution in [0.4, 0.5) is 0 Å². The molecule has 1 amide bonds. The Hall–Kier alpha value is -2.03. The molecule has 2 atom stereocenters. The van der Waals surface area contributed by atoms with Crippen LogP contribution in [0.15, 0.2) is 48.6 Å². The van der Waals surface area contributed by atoms with E-state index in [2.05, 4.69) is 67.8 Å². The third-order valence-corrected chi connectivity index (χ3v) is 12.0. The van der Waals surface area contributed by atoms with Crippen molar-refractivity contribution in [1.29, 1.82) is 0 Å². The molecular weight excluding hydrogens is 798 g/mol. The zero-order valence-electron chi connectivity index (χ0n) is 40.1. The van der Waals surface area contributed by atoms with E-state index in [9.17, 15) is 24.2 Å². The number of aliphatic hydroxyl groups excluding tert-OH is 1. The van der Waals surface area contributed by atoms with Gasteiger partial charge in [0.15, 0.2) is 0 Å². The molecule has 9 nitrogen and oxygen atoms in total. The first-order valence-corrected chi connectivity index (χ1v) is 27.1. The first-order valence-electron chi connectivity index (χ1n) is 25.6. The van der Waals surface area contributed by atoms with Crippen LogP contribution in [0.2, 0.25) is 0 Å². The van der Waals surface area contributed by atoms with Crippen molar-refractivity contribution >= 4 is 19.7 Å². The van der Waals surface area contributed by atoms with Gasteiger partial charge >= 0.3 is 13.8 Å². The highest BCUT2D eigenvalue weighted by atomic mass is 31.2. The number of unbranched alkanes of at least 4 members (excludes halogenated alkanes) is 27. The molecule has 2 unspecified atom stereocenters. The molecule has 0 aliphatic carbocycles. The Morgan fingerprint density at radius 2 is 0.871 bits per heavy atom. The van der Waals surface area contributed by atoms with Crippen molar-refractivity contribution in [3.05, 3.63) is 48.6 Å². The average Bonchev–Trinajstić information content (AvgIpc) is 3.26. The van der Waals surface area contributed by atoms with Gasteiger partial charge in [0.1, 0.15) is 12.7 Å². The van der Waals surface area contributed by atoms with E-state index in [0.717, 1.165) is 57.8 Å². The summed E-state index contributed by atoms with van der Waals surface area (Å²) in [6, 6.07) is 0. The number of carbonyl (C=O) groups excluding carboxylic acids is 2. The van der Waals surface area contributed by atoms with E-state index in [1.165, 1.54) is 154 Å². The number of esters is 1. The molecule has 0 aromatic carbocycles. The Bertz CT molecular complexity index is 1160. The molecule has 362 valence electrons. The minimum Gasteiger partial charge on any atom is -0.463 e. The quantitative estimate of drug-likeness (QED) is 0.0238. The van der Waals surface area contributed by atoms with Crippen molar-refractivity contribution in [2.24, 2.45) is 0 Å². The summed E-state index contributed by atoms with van der Waals surface area (Å²) >= 11 is 0. The monoisotopic (exact) mass is 894 g/mol. The summed E-state index contributed by atoms with van der Waals surface area (Å²) in [5.41, 5.74) is 0. The third kappa shape index (κ3) is 49.0. The molecule has 0 bridgehead atoms. The van der Waals surface area contributed by atoms with Crippen LogP contribution in [-0.2, 0) is 27.9 Å². The van der Waals surface area contributed by atoms with Crippen LogP contribution >= 0.6 is 7.82 Å². The van der Waals surface area contributed by atoms with E-state index in [4.69, 9.17) is 13.8 Å². The number of rotatable bonds is 48. The summed E-state index contributed by atoms with van der Waals surface area (Å²) in [5, 5.41) is 12.7. The Balaban J connectivity index is 3.56. The van der Waals surface area contributed by atoms with Gasteiger partial charge in [-0.15, -0.1) is 0 Å². The second kappa shape index (κ2) is 48.4. The topological polar surface area (TPSA) is 131 Å². The van der Waals surface area contributed by atoms with Crippen molar-refractivity contribution in [3.8, 4) is 0 Å². The number of phosphoric acid groups is 1. The van der Waals surface area contributed by atoms with Gasteiger partial charge in [-0.2, -0.15) is 0 Å². The Kier molecular flexibility index (Phi) is 46.8. The highest BCUT2D eigenvalue weighted by Gasteiger charge is 2.23. The number of carbonyl (C=O) groups is 2. The summed E-state index contributed by atoms with van der Waals surface area (Å²) in [4.78, 5) is 34.1. The number of phosphoric ester groups is 1. The number of allylic oxidation sites excluding steroid dienone is 8. The maximum absolute atomic E-state index is 12.1. The maximum Gasteiger partial charge on any atom is 0.472 e. The fourth-order valence-electron chi connectivity index (χ4n) is 7.09. The summed E-state index contributed by atoms with van der Waals surface area (Å²) in [6.07, 6.45) is 57.6. The second-order valence-corrected chi connectivity index (χ2v) is 18.6. The van der Waals surface area contributed by atoms with Crippen LogP contribution in [0.25, 0.3) is 0 Å². The van der Waals surface area contributed by atoms with Crippen molar-refractivity contribution in [2.75, 3.05) is 26.4 Å². The summed E-state index contributed by atoms with van der Waals surface area (Å²) in [6.45, 7) is 3.53. The molecule has 0 fully saturated rings. The number of nitrogens with one attached hydrogen (secondary N) is 1. The molecule has 0 aromatic heterocycles. The highest BCUT2D eigenvalue weighted by Crippen LogP contribution is 2.42. The van der Waals surface area contributed by atoms with Crippen molar-refractivity contribution in [2.45, 2.75) is 245 Å². The fraction of sp³-hybridized carbons (Fsp3) is 0.808. The molecule has 0 spiro atoms. The molecule has 0 rings (SSSR count). The molecular formula is C52H96NO8P. The van der Waals surface area contributed by atoms with Gasteiger partial charge in [0, 0.05) is 19.4 Å². The standard InChI is InChI=1S/C52H96NO8P/c1-3-5-7-9-11-13-15-17-19-21-23-24-25-26-27-29-31-33-35-37-39-41-43-45-52(56)59-48-50(54)49-61-62(57,58)60-47-46-53-51(55)44-42-40-38-36-34-32-30-28-22-20-18-16-14-12-10-8-6-4-2/h11,13-14,16-17,19-20,22,50,54H,3-10,12,15,18,21,23-49H2,1-2H3,(H,53,55)(H,57,58)/b13-11-,16-14-,19-17-,22-20-. The zero-order valence-corrected chi connectivity index (χ0v) is 41.0. The molecule has 0 saturated carbocycles. The molecule has 62 heavy (non-hydrogen) atoms. The van der Waals surface area contributed by atoms with Crippen molar-refractivity contribution in [3.63, 3.8) is 0 Å². The Morgan fingerprint density at radius 3 is 1.32 bits per heavy atom. The number of hydrogen-bond acceptors (Lipinski definition) is 7. The molecule has 0 aliphatic rings. The zero-order chi connectivity index (χ0) is 45.3. The first-order chi connectivity index (χ1) is 30.3. The smallest absolute Gasteiger partial charge is 0.463 e. The van der Waals surface area contributed by atoms with Crippen LogP contribution in [-0.4, -0.2) is 54.3 Å². The molecule has 0 radical (unpaired) electrons. The summed E-state index contributed by atoms with van der Waals surface area (Å²) in [5.74, 6) is -0.520. The lowest BCUT2D eigenvalue weighted by Gasteiger charge is -2.15. The number of ether oxygens (including phenoxy) is 1. The van der Waals surface area contributed by atoms with Crippen LogP contribution in [0, 0.1) is 0 Å². The molecule has 0 aliphatic heterocycles. The van der Waals surface area contributed by atoms with Crippen molar-refractivity contribution in [1.82, 2.24) is 5.32 Å². The largest absolute Gasteiger partial charge is 0.472 e. The van der Waals surface area contributed by atoms with Crippen LogP contribution in [0.5, 0.6) is 0 Å². The lowest BCUT2D eigenvalue weighted by atomic mass is 10.0. The van der Waals surface area contributed by atoms with Gasteiger partial charge in [0.2, 0.25) is 5.91 Å². The summed E-state index contributed by atoms with van der Waals surface area (Å²) < 4.78 is 27.0. The van der Waals surface area contributed by atoms with E-state index in [-0.39, 0.29) is 32.1 Å². The van der Waals surface area contributed by atoms with Gasteiger partial charge in [0.05, 0.1) is 13.2 Å². The molecule has 0 aromatic rings. The summed E-state index contributed by atoms with van der Waals surface area (Å²) in [7, 11) is -4.42. The van der Waals surface area contributed by atoms with E-state index in [1.54, 1.807) is 0 Å². The normalized spacial score (nSPS) is 13.5. The number of aliphatic hydroxyl groups is 1. The van der Waals surface area contributed by atoms with Gasteiger partial charge in [-0.3, -0.25) is 18.6 Å². The predicted octanol–water partition coefficient (Wildman–Crippen LogP) is 15.1. The molecule has 0 saturated heterocycles. The van der Waals surface area contributed by atoms with Crippen LogP contribution in [0.3, 0.4) is 0 Å². The van der Waals surface area contributed by atoms with E-state index >= 15 is 0 Å². The molecule has 10 heteroatoms. The third-order valence-electron chi connectivity index (χ3n) is 11.0. The minimum absolute atomic E-state index is 0.0771. The number of amides is 1. The van der Waals surface area contributed by atoms with E-state index < -0.39 is 26.5 Å². The number of hydrogen-bond donors (Lipinski definition) is 3. The maximum atomic E-state index is 12.1. The van der Waals surface area contributed by atoms with E-state index in [1.807, 2.05) is 0 Å². The fourth-order valence-corrected chi connectivity index (χ4v) is 7.85. The lowest BCUT2D eigenvalue weighted by molar-refractivity contribution is -0.147. The van der Waals surface area contributed by atoms with Crippen LogP contribution < -0.4 is 5.32 Å². The highest BCUT2D eigenvalue weighted by molar-refractivity contribution is 7.47. The van der Waals surface area contributed by atoms with Gasteiger partial charge < -0.3 is 20.1 Å². The Morgan fingerprint density at radius 1 is 0.500 bits per heavy atom. The van der Waals surface area contributed by atoms with E-state index in [0.29, 0.717) is 6.42 Å². The average molecular weight is 894 g/mol. The van der Waals surface area contributed by atoms with Gasteiger partial charge in [-0.05, 0) is 77.0 Å². The minimum atomic E-state index is -4.42. The van der Waals surface area contributed by atoms with Gasteiger partial charge in [-0.25, -0.2) is 4.57 Å². The van der Waals surface area contributed by atoms with Crippen molar-refractivity contribution < 1.29 is 37.9 Å². The Labute approximate surface area is 381 Å². The predicted molar refractivity (Wildman–Crippen MR) is 261 cm³/mol. The first kappa shape index (κ1) is 60.0. The molecule has 3 N–H and O–H groups in total. The second-order valence-electron chi connectivity index (χ2n) is 17.1. The van der Waals surface area contributed by atoms with Gasteiger partial charge in [-0.1, -0.05) is 197 Å². The van der Waals surface area contributed by atoms with Gasteiger partial charge in [0.25, 0.3) is 0 Å². The molecule has 0 heterocycles.